The average molecular weight is 470 g/mol. The monoisotopic (exact) mass is 469 g/mol. The molecule has 11 heteroatoms. The molecule has 0 unspecified atom stereocenters. The van der Waals surface area contributed by atoms with Crippen molar-refractivity contribution in [3.63, 3.8) is 0 Å². The largest absolute Gasteiger partial charge is 0.318 e. The zero-order valence-electron chi connectivity index (χ0n) is 19.6. The highest BCUT2D eigenvalue weighted by Crippen LogP contribution is 2.23. The number of aryl methyl sites for hydroxylation is 3. The molecule has 2 amide bonds. The van der Waals surface area contributed by atoms with E-state index in [9.17, 15) is 9.59 Å². The van der Waals surface area contributed by atoms with Gasteiger partial charge in [0.05, 0.1) is 41.4 Å². The molecule has 0 radical (unpaired) electrons. The quantitative estimate of drug-likeness (QED) is 0.408. The molecule has 0 spiro atoms. The van der Waals surface area contributed by atoms with Gasteiger partial charge in [0.25, 0.3) is 11.8 Å². The van der Waals surface area contributed by atoms with Gasteiger partial charge in [-0.3, -0.25) is 19.0 Å². The lowest BCUT2D eigenvalue weighted by molar-refractivity contribution is 0.101. The summed E-state index contributed by atoms with van der Waals surface area (Å²) in [4.78, 5) is 30.6. The van der Waals surface area contributed by atoms with Gasteiger partial charge in [-0.2, -0.15) is 15.3 Å². The number of aromatic nitrogens is 7. The molecule has 2 N–H and O–H groups in total. The van der Waals surface area contributed by atoms with Crippen molar-refractivity contribution >= 4 is 28.8 Å². The van der Waals surface area contributed by atoms with E-state index < -0.39 is 11.8 Å². The molecule has 11 nitrogen and oxygen atoms in total. The number of nitrogens with one attached hydrogen (secondary N) is 2. The number of anilines is 2. The first kappa shape index (κ1) is 22.0. The normalized spacial score (nSPS) is 11.1. The summed E-state index contributed by atoms with van der Waals surface area (Å²) in [6.45, 7) is 3.87. The van der Waals surface area contributed by atoms with Crippen LogP contribution in [0.1, 0.15) is 32.1 Å². The second kappa shape index (κ2) is 8.52. The van der Waals surface area contributed by atoms with Crippen molar-refractivity contribution < 1.29 is 9.59 Å². The predicted molar refractivity (Wildman–Crippen MR) is 130 cm³/mol. The van der Waals surface area contributed by atoms with Gasteiger partial charge in [0.2, 0.25) is 0 Å². The molecule has 1 aromatic carbocycles. The van der Waals surface area contributed by atoms with Crippen LogP contribution in [0.15, 0.2) is 55.1 Å². The molecule has 5 aromatic rings. The van der Waals surface area contributed by atoms with Gasteiger partial charge in [-0.05, 0) is 19.9 Å². The first-order chi connectivity index (χ1) is 16.8. The van der Waals surface area contributed by atoms with Gasteiger partial charge < -0.3 is 10.6 Å². The van der Waals surface area contributed by atoms with Crippen molar-refractivity contribution in [2.45, 2.75) is 13.8 Å². The van der Waals surface area contributed by atoms with E-state index in [-0.39, 0.29) is 16.9 Å². The fourth-order valence-electron chi connectivity index (χ4n) is 3.79. The molecule has 0 saturated carbocycles. The molecule has 0 fully saturated rings. The number of nitrogens with zero attached hydrogens (tertiary/aromatic N) is 7. The minimum Gasteiger partial charge on any atom is -0.318 e. The summed E-state index contributed by atoms with van der Waals surface area (Å²) in [5, 5.41) is 18.3. The van der Waals surface area contributed by atoms with E-state index in [4.69, 9.17) is 0 Å². The summed E-state index contributed by atoms with van der Waals surface area (Å²) < 4.78 is 4.69. The summed E-state index contributed by atoms with van der Waals surface area (Å²) in [5.41, 5.74) is 5.43. The second-order valence-corrected chi connectivity index (χ2v) is 8.20. The van der Waals surface area contributed by atoms with Crippen molar-refractivity contribution in [2.75, 3.05) is 10.6 Å². The number of carbonyl (C=O) groups excluding carboxylic acids is 2. The van der Waals surface area contributed by atoms with E-state index in [1.54, 1.807) is 35.7 Å². The molecular weight excluding hydrogens is 446 g/mol. The Kier molecular flexibility index (Phi) is 5.36. The van der Waals surface area contributed by atoms with Gasteiger partial charge >= 0.3 is 0 Å². The fourth-order valence-corrected chi connectivity index (χ4v) is 3.79. The van der Waals surface area contributed by atoms with Crippen LogP contribution in [0, 0.1) is 13.8 Å². The molecule has 0 bridgehead atoms. The number of fused-ring (bicyclic) bond motifs is 1. The van der Waals surface area contributed by atoms with Crippen molar-refractivity contribution in [2.24, 2.45) is 14.1 Å². The summed E-state index contributed by atoms with van der Waals surface area (Å²) in [7, 11) is 3.42. The van der Waals surface area contributed by atoms with Gasteiger partial charge in [0.1, 0.15) is 11.3 Å². The second-order valence-electron chi connectivity index (χ2n) is 8.20. The zero-order valence-corrected chi connectivity index (χ0v) is 19.6. The van der Waals surface area contributed by atoms with Crippen molar-refractivity contribution in [1.29, 1.82) is 0 Å². The maximum atomic E-state index is 13.2. The predicted octanol–water partition coefficient (Wildman–Crippen LogP) is 2.98. The summed E-state index contributed by atoms with van der Waals surface area (Å²) in [5.74, 6) is -0.871. The molecule has 4 heterocycles. The molecular formula is C24H23N9O2. The molecule has 0 aliphatic carbocycles. The number of amides is 2. The lowest BCUT2D eigenvalue weighted by atomic mass is 10.1. The Morgan fingerprint density at radius 3 is 2.20 bits per heavy atom. The standard InChI is InChI=1S/C24H23N9O2/c1-14-5-7-16(8-6-14)20-9-10-25-22-17(11-28-33(20)22)23(34)30-19-13-27-32(4)21(19)24(35)29-18-12-26-31(3)15(18)2/h5-13H,1-4H3,(H,29,35)(H,30,34). The molecule has 5 rings (SSSR count). The van der Waals surface area contributed by atoms with Crippen LogP contribution < -0.4 is 10.6 Å². The Morgan fingerprint density at radius 1 is 0.800 bits per heavy atom. The van der Waals surface area contributed by atoms with Crippen molar-refractivity contribution in [1.82, 2.24) is 34.2 Å². The first-order valence-electron chi connectivity index (χ1n) is 10.9. The van der Waals surface area contributed by atoms with Gasteiger partial charge in [-0.1, -0.05) is 29.8 Å². The maximum Gasteiger partial charge on any atom is 0.276 e. The van der Waals surface area contributed by atoms with Crippen LogP contribution in [0.4, 0.5) is 11.4 Å². The highest BCUT2D eigenvalue weighted by Gasteiger charge is 2.23. The molecule has 0 aliphatic rings. The molecule has 0 atom stereocenters. The summed E-state index contributed by atoms with van der Waals surface area (Å²) in [6, 6.07) is 9.86. The Labute approximate surface area is 200 Å². The van der Waals surface area contributed by atoms with E-state index in [1.807, 2.05) is 44.2 Å². The van der Waals surface area contributed by atoms with Crippen molar-refractivity contribution in [3.05, 3.63) is 77.6 Å². The highest BCUT2D eigenvalue weighted by molar-refractivity contribution is 6.13. The van der Waals surface area contributed by atoms with Crippen LogP contribution in [-0.2, 0) is 14.1 Å². The van der Waals surface area contributed by atoms with E-state index >= 15 is 0 Å². The van der Waals surface area contributed by atoms with Crippen molar-refractivity contribution in [3.8, 4) is 11.3 Å². The number of benzene rings is 1. The Balaban J connectivity index is 1.43. The third-order valence-corrected chi connectivity index (χ3v) is 5.88. The fraction of sp³-hybridized carbons (Fsp3) is 0.167. The van der Waals surface area contributed by atoms with Gasteiger partial charge in [-0.15, -0.1) is 0 Å². The van der Waals surface area contributed by atoms with Gasteiger partial charge in [0.15, 0.2) is 5.65 Å². The molecule has 4 aromatic heterocycles. The summed E-state index contributed by atoms with van der Waals surface area (Å²) >= 11 is 0. The van der Waals surface area contributed by atoms with Crippen LogP contribution in [0.2, 0.25) is 0 Å². The molecule has 35 heavy (non-hydrogen) atoms. The number of carbonyl (C=O) groups is 2. The Morgan fingerprint density at radius 2 is 1.49 bits per heavy atom. The van der Waals surface area contributed by atoms with Gasteiger partial charge in [-0.25, -0.2) is 9.50 Å². The minimum absolute atomic E-state index is 0.200. The molecule has 0 aliphatic heterocycles. The molecule has 176 valence electrons. The summed E-state index contributed by atoms with van der Waals surface area (Å²) in [6.07, 6.45) is 6.10. The third kappa shape index (κ3) is 3.92. The third-order valence-electron chi connectivity index (χ3n) is 5.88. The van der Waals surface area contributed by atoms with E-state index in [2.05, 4.69) is 30.9 Å². The van der Waals surface area contributed by atoms with Crippen LogP contribution in [0.3, 0.4) is 0 Å². The average Bonchev–Trinajstić information content (AvgIpc) is 3.53. The zero-order chi connectivity index (χ0) is 24.7. The minimum atomic E-state index is -0.451. The lowest BCUT2D eigenvalue weighted by Crippen LogP contribution is -2.20. The van der Waals surface area contributed by atoms with Gasteiger partial charge in [0, 0.05) is 25.9 Å². The Hall–Kier alpha value is -4.80. The topological polar surface area (TPSA) is 124 Å². The van der Waals surface area contributed by atoms with Crippen LogP contribution in [0.25, 0.3) is 16.9 Å². The smallest absolute Gasteiger partial charge is 0.276 e. The molecule has 0 saturated heterocycles. The number of rotatable bonds is 5. The van der Waals surface area contributed by atoms with Crippen LogP contribution in [-0.4, -0.2) is 46.0 Å². The first-order valence-corrected chi connectivity index (χ1v) is 10.9. The number of hydrogen-bond donors (Lipinski definition) is 2. The number of hydrogen-bond acceptors (Lipinski definition) is 6. The highest BCUT2D eigenvalue weighted by atomic mass is 16.2. The Bertz CT molecular complexity index is 1570. The SMILES string of the molecule is Cc1ccc(-c2ccnc3c(C(=O)Nc4cnn(C)c4C(=O)Nc4cnn(C)c4C)cnn23)cc1. The van der Waals surface area contributed by atoms with E-state index in [1.165, 1.54) is 17.1 Å². The lowest BCUT2D eigenvalue weighted by Gasteiger charge is -2.09. The van der Waals surface area contributed by atoms with Crippen LogP contribution in [0.5, 0.6) is 0 Å². The van der Waals surface area contributed by atoms with E-state index in [0.717, 1.165) is 22.5 Å². The maximum absolute atomic E-state index is 13.2. The van der Waals surface area contributed by atoms with E-state index in [0.29, 0.717) is 11.3 Å². The van der Waals surface area contributed by atoms with Crippen LogP contribution >= 0.6 is 0 Å².